The zero-order valence-corrected chi connectivity index (χ0v) is 22.5. The number of carboxylic acid groups (broad SMARTS) is 1. The van der Waals surface area contributed by atoms with Crippen molar-refractivity contribution in [1.82, 2.24) is 15.0 Å². The minimum atomic E-state index is -1.11. The van der Waals surface area contributed by atoms with E-state index in [1.165, 1.54) is 12.1 Å². The maximum Gasteiger partial charge on any atom is 0.415 e. The summed E-state index contributed by atoms with van der Waals surface area (Å²) in [4.78, 5) is 38.8. The highest BCUT2D eigenvalue weighted by molar-refractivity contribution is 5.94. The molecule has 1 amide bonds. The second-order valence-corrected chi connectivity index (χ2v) is 10.4. The van der Waals surface area contributed by atoms with E-state index >= 15 is 0 Å². The van der Waals surface area contributed by atoms with Gasteiger partial charge in [0.05, 0.1) is 18.5 Å². The van der Waals surface area contributed by atoms with Crippen molar-refractivity contribution in [3.63, 3.8) is 0 Å². The van der Waals surface area contributed by atoms with E-state index in [0.717, 1.165) is 22.1 Å². The lowest BCUT2D eigenvalue weighted by atomic mass is 9.99. The number of anilines is 3. The van der Waals surface area contributed by atoms with Gasteiger partial charge < -0.3 is 19.9 Å². The lowest BCUT2D eigenvalue weighted by molar-refractivity contribution is -0.136. The number of rotatable bonds is 5. The third-order valence-electron chi connectivity index (χ3n) is 6.25. The topological polar surface area (TPSA) is 127 Å². The van der Waals surface area contributed by atoms with Crippen LogP contribution in [0.4, 0.5) is 26.5 Å². The zero-order valence-electron chi connectivity index (χ0n) is 22.5. The molecule has 1 aliphatic heterocycles. The summed E-state index contributed by atoms with van der Waals surface area (Å²) in [6.45, 7) is 8.01. The van der Waals surface area contributed by atoms with E-state index in [1.54, 1.807) is 23.4 Å². The summed E-state index contributed by atoms with van der Waals surface area (Å²) in [5, 5.41) is 12.7. The van der Waals surface area contributed by atoms with Crippen LogP contribution in [0.5, 0.6) is 5.88 Å². The third kappa shape index (κ3) is 5.63. The molecule has 0 atom stereocenters. The lowest BCUT2D eigenvalue weighted by Crippen LogP contribution is -2.42. The molecule has 0 saturated carbocycles. The molecule has 0 unspecified atom stereocenters. The van der Waals surface area contributed by atoms with E-state index in [-0.39, 0.29) is 11.5 Å². The van der Waals surface area contributed by atoms with Crippen molar-refractivity contribution < 1.29 is 28.6 Å². The van der Waals surface area contributed by atoms with Crippen molar-refractivity contribution in [1.29, 1.82) is 0 Å². The summed E-state index contributed by atoms with van der Waals surface area (Å²) in [6, 6.07) is 9.90. The van der Waals surface area contributed by atoms with Crippen molar-refractivity contribution in [3.8, 4) is 17.0 Å². The Kier molecular flexibility index (Phi) is 6.97. The van der Waals surface area contributed by atoms with Crippen LogP contribution in [0.2, 0.25) is 0 Å². The summed E-state index contributed by atoms with van der Waals surface area (Å²) >= 11 is 0. The van der Waals surface area contributed by atoms with Crippen LogP contribution in [0.3, 0.4) is 0 Å². The van der Waals surface area contributed by atoms with Gasteiger partial charge in [0, 0.05) is 29.0 Å². The van der Waals surface area contributed by atoms with Crippen LogP contribution in [0.15, 0.2) is 48.8 Å². The predicted molar refractivity (Wildman–Crippen MR) is 148 cm³/mol. The Morgan fingerprint density at radius 3 is 2.67 bits per heavy atom. The molecule has 0 bridgehead atoms. The number of pyridine rings is 1. The maximum atomic E-state index is 14.3. The number of ether oxygens (including phenoxy) is 2. The van der Waals surface area contributed by atoms with Crippen molar-refractivity contribution in [2.24, 2.45) is 0 Å². The Bertz CT molecular complexity index is 1640. The highest BCUT2D eigenvalue weighted by Crippen LogP contribution is 2.39. The summed E-state index contributed by atoms with van der Waals surface area (Å²) < 4.78 is 25.7. The largest absolute Gasteiger partial charge is 0.481 e. The van der Waals surface area contributed by atoms with Crippen molar-refractivity contribution in [2.75, 3.05) is 23.4 Å². The number of benzene rings is 2. The Hall–Kier alpha value is -4.80. The first-order valence-electron chi connectivity index (χ1n) is 12.7. The molecule has 10 nitrogen and oxygen atoms in total. The Morgan fingerprint density at radius 1 is 1.15 bits per heavy atom. The molecule has 0 spiro atoms. The van der Waals surface area contributed by atoms with Crippen molar-refractivity contribution in [3.05, 3.63) is 65.7 Å². The number of hydrogen-bond acceptors (Lipinski definition) is 8. The summed E-state index contributed by atoms with van der Waals surface area (Å²) in [7, 11) is 0. The number of carboxylic acids is 1. The van der Waals surface area contributed by atoms with Crippen LogP contribution in [0, 0.1) is 12.7 Å². The molecule has 2 aromatic carbocycles. The van der Waals surface area contributed by atoms with E-state index in [4.69, 9.17) is 14.6 Å². The molecule has 0 radical (unpaired) electrons. The normalized spacial score (nSPS) is 13.0. The average molecular weight is 546 g/mol. The molecular formula is C29H28FN5O5. The maximum absolute atomic E-state index is 14.3. The second-order valence-electron chi connectivity index (χ2n) is 10.4. The zero-order chi connectivity index (χ0) is 28.6. The van der Waals surface area contributed by atoms with Gasteiger partial charge in [0.25, 0.3) is 0 Å². The average Bonchev–Trinajstić information content (AvgIpc) is 2.88. The van der Waals surface area contributed by atoms with Crippen molar-refractivity contribution in [2.45, 2.75) is 39.7 Å². The first-order chi connectivity index (χ1) is 19.0. The fourth-order valence-corrected chi connectivity index (χ4v) is 4.44. The quantitative estimate of drug-likeness (QED) is 0.327. The third-order valence-corrected chi connectivity index (χ3v) is 6.25. The standard InChI is InChI=1S/C29H28FN5O5/c1-16-21(15-31-26-25(16)35(9-10-39-26)28(38)40-29(2,3)4)17-5-6-19-14-32-27(34-23(19)11-17)33-20-8-7-18(12-24(36)37)22(30)13-20/h5-8,11,13-15H,9-10,12H2,1-4H3,(H,36,37)(H,32,33,34). The Balaban J connectivity index is 1.46. The Morgan fingerprint density at radius 2 is 1.95 bits per heavy atom. The molecule has 206 valence electrons. The number of halogens is 1. The summed E-state index contributed by atoms with van der Waals surface area (Å²) in [6.07, 6.45) is 2.49. The van der Waals surface area contributed by atoms with Gasteiger partial charge in [-0.15, -0.1) is 0 Å². The lowest BCUT2D eigenvalue weighted by Gasteiger charge is -2.32. The van der Waals surface area contributed by atoms with Crippen LogP contribution in [-0.2, 0) is 16.0 Å². The first-order valence-corrected chi connectivity index (χ1v) is 12.7. The van der Waals surface area contributed by atoms with Gasteiger partial charge in [-0.1, -0.05) is 18.2 Å². The Labute approximate surface area is 229 Å². The molecule has 0 aliphatic carbocycles. The van der Waals surface area contributed by atoms with Gasteiger partial charge in [-0.25, -0.2) is 24.1 Å². The van der Waals surface area contributed by atoms with Crippen LogP contribution in [-0.4, -0.2) is 50.9 Å². The monoisotopic (exact) mass is 545 g/mol. The van der Waals surface area contributed by atoms with Gasteiger partial charge >= 0.3 is 12.1 Å². The number of amides is 1. The molecule has 4 aromatic rings. The number of nitrogens with zero attached hydrogens (tertiary/aromatic N) is 4. The van der Waals surface area contributed by atoms with Gasteiger partial charge in [-0.05, 0) is 62.6 Å². The fraction of sp³-hybridized carbons (Fsp3) is 0.276. The molecular weight excluding hydrogens is 517 g/mol. The number of nitrogens with one attached hydrogen (secondary N) is 1. The predicted octanol–water partition coefficient (Wildman–Crippen LogP) is 5.64. The molecule has 3 heterocycles. The molecule has 40 heavy (non-hydrogen) atoms. The van der Waals surface area contributed by atoms with Gasteiger partial charge in [-0.3, -0.25) is 9.69 Å². The number of hydrogen-bond donors (Lipinski definition) is 2. The van der Waals surface area contributed by atoms with Crippen LogP contribution < -0.4 is 15.0 Å². The van der Waals surface area contributed by atoms with Crippen LogP contribution >= 0.6 is 0 Å². The van der Waals surface area contributed by atoms with E-state index < -0.39 is 29.9 Å². The highest BCUT2D eigenvalue weighted by atomic mass is 19.1. The van der Waals surface area contributed by atoms with E-state index in [2.05, 4.69) is 20.3 Å². The first kappa shape index (κ1) is 26.8. The van der Waals surface area contributed by atoms with Gasteiger partial charge in [0.2, 0.25) is 11.8 Å². The van der Waals surface area contributed by atoms with E-state index in [1.807, 2.05) is 45.9 Å². The highest BCUT2D eigenvalue weighted by Gasteiger charge is 2.31. The van der Waals surface area contributed by atoms with E-state index in [9.17, 15) is 14.0 Å². The number of aliphatic carboxylic acids is 1. The van der Waals surface area contributed by atoms with Gasteiger partial charge in [0.1, 0.15) is 23.7 Å². The van der Waals surface area contributed by atoms with Crippen LogP contribution in [0.25, 0.3) is 22.0 Å². The fourth-order valence-electron chi connectivity index (χ4n) is 4.44. The van der Waals surface area contributed by atoms with Crippen molar-refractivity contribution >= 4 is 40.3 Å². The number of fused-ring (bicyclic) bond motifs is 2. The minimum Gasteiger partial charge on any atom is -0.481 e. The molecule has 2 N–H and O–H groups in total. The molecule has 0 fully saturated rings. The molecule has 1 aliphatic rings. The number of aromatic nitrogens is 3. The molecule has 11 heteroatoms. The smallest absolute Gasteiger partial charge is 0.415 e. The number of carbonyl (C=O) groups excluding carboxylic acids is 1. The van der Waals surface area contributed by atoms with E-state index in [0.29, 0.717) is 35.9 Å². The second kappa shape index (κ2) is 10.4. The summed E-state index contributed by atoms with van der Waals surface area (Å²) in [5.74, 6) is -1.12. The molecule has 2 aromatic heterocycles. The minimum absolute atomic E-state index is 0.0896. The molecule has 5 rings (SSSR count). The molecule has 0 saturated heterocycles. The van der Waals surface area contributed by atoms with Gasteiger partial charge in [0.15, 0.2) is 0 Å². The number of carbonyl (C=O) groups is 2. The summed E-state index contributed by atoms with van der Waals surface area (Å²) in [5.41, 5.74) is 3.45. The van der Waals surface area contributed by atoms with Gasteiger partial charge in [-0.2, -0.15) is 0 Å². The SMILES string of the molecule is Cc1c(-c2ccc3cnc(Nc4ccc(CC(=O)O)c(F)c4)nc3c2)cnc2c1N(C(=O)OC(C)(C)C)CCO2. The van der Waals surface area contributed by atoms with Crippen LogP contribution in [0.1, 0.15) is 31.9 Å².